The maximum Gasteiger partial charge on any atom is 0.262 e. The van der Waals surface area contributed by atoms with E-state index in [0.29, 0.717) is 28.4 Å². The summed E-state index contributed by atoms with van der Waals surface area (Å²) in [6.07, 6.45) is 0. The van der Waals surface area contributed by atoms with E-state index in [0.717, 1.165) is 11.1 Å². The van der Waals surface area contributed by atoms with Gasteiger partial charge in [0.25, 0.3) is 11.8 Å². The highest BCUT2D eigenvalue weighted by atomic mass is 16.5. The zero-order valence-electron chi connectivity index (χ0n) is 17.2. The van der Waals surface area contributed by atoms with Crippen LogP contribution in [0, 0.1) is 13.8 Å². The van der Waals surface area contributed by atoms with Gasteiger partial charge in [-0.25, -0.2) is 0 Å². The zero-order chi connectivity index (χ0) is 21.5. The molecule has 0 saturated heterocycles. The van der Waals surface area contributed by atoms with Crippen LogP contribution >= 0.6 is 0 Å². The molecule has 0 aliphatic carbocycles. The van der Waals surface area contributed by atoms with Gasteiger partial charge in [-0.3, -0.25) is 9.59 Å². The first-order valence-corrected chi connectivity index (χ1v) is 9.50. The fourth-order valence-corrected chi connectivity index (χ4v) is 2.90. The molecular formula is C24H24N2O4. The molecule has 0 fully saturated rings. The Morgan fingerprint density at radius 3 is 2.33 bits per heavy atom. The summed E-state index contributed by atoms with van der Waals surface area (Å²) in [6.45, 7) is 3.67. The molecule has 0 aliphatic heterocycles. The van der Waals surface area contributed by atoms with Crippen LogP contribution in [0.5, 0.6) is 11.5 Å². The van der Waals surface area contributed by atoms with E-state index in [2.05, 4.69) is 10.6 Å². The Hall–Kier alpha value is -3.80. The summed E-state index contributed by atoms with van der Waals surface area (Å²) in [5, 5.41) is 5.68. The number of methoxy groups -OCH3 is 1. The van der Waals surface area contributed by atoms with Gasteiger partial charge in [0, 0.05) is 16.9 Å². The lowest BCUT2D eigenvalue weighted by Gasteiger charge is -2.13. The van der Waals surface area contributed by atoms with Gasteiger partial charge >= 0.3 is 0 Å². The largest absolute Gasteiger partial charge is 0.493 e. The van der Waals surface area contributed by atoms with Crippen molar-refractivity contribution in [2.24, 2.45) is 0 Å². The van der Waals surface area contributed by atoms with Gasteiger partial charge in [-0.2, -0.15) is 0 Å². The molecule has 0 heterocycles. The lowest BCUT2D eigenvalue weighted by atomic mass is 10.1. The van der Waals surface area contributed by atoms with E-state index in [1.807, 2.05) is 44.2 Å². The molecule has 0 unspecified atom stereocenters. The number of carbonyl (C=O) groups is 2. The Labute approximate surface area is 175 Å². The number of benzene rings is 3. The maximum atomic E-state index is 12.3. The first-order valence-electron chi connectivity index (χ1n) is 9.50. The first kappa shape index (κ1) is 20.9. The SMILES string of the molecule is COc1cc(C)ccc1OCC(=O)Nc1ccc(NC(=O)c2ccccc2)c(C)c1. The minimum absolute atomic E-state index is 0.148. The number of hydrogen-bond acceptors (Lipinski definition) is 4. The second-order valence-electron chi connectivity index (χ2n) is 6.84. The van der Waals surface area contributed by atoms with Crippen LogP contribution < -0.4 is 20.1 Å². The van der Waals surface area contributed by atoms with Crippen molar-refractivity contribution in [1.82, 2.24) is 0 Å². The van der Waals surface area contributed by atoms with Gasteiger partial charge in [0.1, 0.15) is 0 Å². The highest BCUT2D eigenvalue weighted by molar-refractivity contribution is 6.04. The van der Waals surface area contributed by atoms with Gasteiger partial charge in [0.15, 0.2) is 18.1 Å². The van der Waals surface area contributed by atoms with Crippen LogP contribution in [-0.2, 0) is 4.79 Å². The Morgan fingerprint density at radius 1 is 0.867 bits per heavy atom. The molecule has 2 amide bonds. The zero-order valence-corrected chi connectivity index (χ0v) is 17.2. The summed E-state index contributed by atoms with van der Waals surface area (Å²) in [5.74, 6) is 0.611. The Morgan fingerprint density at radius 2 is 1.63 bits per heavy atom. The molecule has 0 aromatic heterocycles. The molecule has 6 nitrogen and oxygen atoms in total. The van der Waals surface area contributed by atoms with Crippen molar-refractivity contribution in [1.29, 1.82) is 0 Å². The topological polar surface area (TPSA) is 76.7 Å². The van der Waals surface area contributed by atoms with Gasteiger partial charge < -0.3 is 20.1 Å². The van der Waals surface area contributed by atoms with E-state index in [4.69, 9.17) is 9.47 Å². The van der Waals surface area contributed by atoms with E-state index < -0.39 is 0 Å². The fourth-order valence-electron chi connectivity index (χ4n) is 2.90. The Bertz CT molecular complexity index is 1050. The lowest BCUT2D eigenvalue weighted by molar-refractivity contribution is -0.118. The molecule has 0 bridgehead atoms. The average Bonchev–Trinajstić information content (AvgIpc) is 2.75. The van der Waals surface area contributed by atoms with E-state index in [1.165, 1.54) is 0 Å². The van der Waals surface area contributed by atoms with E-state index in [-0.39, 0.29) is 18.4 Å². The van der Waals surface area contributed by atoms with Crippen LogP contribution in [0.1, 0.15) is 21.5 Å². The highest BCUT2D eigenvalue weighted by Crippen LogP contribution is 2.27. The molecule has 0 atom stereocenters. The lowest BCUT2D eigenvalue weighted by Crippen LogP contribution is -2.20. The third-order valence-electron chi connectivity index (χ3n) is 4.47. The molecule has 0 aliphatic rings. The van der Waals surface area contributed by atoms with Gasteiger partial charge in [0.2, 0.25) is 0 Å². The van der Waals surface area contributed by atoms with Gasteiger partial charge in [0.05, 0.1) is 7.11 Å². The molecular weight excluding hydrogens is 380 g/mol. The van der Waals surface area contributed by atoms with E-state index in [1.54, 1.807) is 43.5 Å². The third-order valence-corrected chi connectivity index (χ3v) is 4.47. The van der Waals surface area contributed by atoms with Crippen molar-refractivity contribution in [3.63, 3.8) is 0 Å². The fraction of sp³-hybridized carbons (Fsp3) is 0.167. The summed E-state index contributed by atoms with van der Waals surface area (Å²) in [4.78, 5) is 24.6. The minimum atomic E-state index is -0.293. The van der Waals surface area contributed by atoms with Crippen LogP contribution in [0.4, 0.5) is 11.4 Å². The molecule has 30 heavy (non-hydrogen) atoms. The normalized spacial score (nSPS) is 10.2. The number of anilines is 2. The quantitative estimate of drug-likeness (QED) is 0.604. The number of aryl methyl sites for hydroxylation is 2. The number of nitrogens with one attached hydrogen (secondary N) is 2. The summed E-state index contributed by atoms with van der Waals surface area (Å²) >= 11 is 0. The first-order chi connectivity index (χ1) is 14.5. The number of rotatable bonds is 7. The molecule has 2 N–H and O–H groups in total. The second-order valence-corrected chi connectivity index (χ2v) is 6.84. The Kier molecular flexibility index (Phi) is 6.70. The summed E-state index contributed by atoms with van der Waals surface area (Å²) in [7, 11) is 1.56. The second kappa shape index (κ2) is 9.60. The highest BCUT2D eigenvalue weighted by Gasteiger charge is 2.11. The van der Waals surface area contributed by atoms with Gasteiger partial charge in [-0.15, -0.1) is 0 Å². The Balaban J connectivity index is 1.59. The molecule has 3 rings (SSSR count). The average molecular weight is 404 g/mol. The van der Waals surface area contributed by atoms with Crippen molar-refractivity contribution in [2.75, 3.05) is 24.4 Å². The number of amides is 2. The minimum Gasteiger partial charge on any atom is -0.493 e. The number of ether oxygens (including phenoxy) is 2. The smallest absolute Gasteiger partial charge is 0.262 e. The van der Waals surface area contributed by atoms with E-state index in [9.17, 15) is 9.59 Å². The van der Waals surface area contributed by atoms with Gasteiger partial charge in [-0.1, -0.05) is 24.3 Å². The molecule has 6 heteroatoms. The van der Waals surface area contributed by atoms with Crippen LogP contribution in [-0.4, -0.2) is 25.5 Å². The van der Waals surface area contributed by atoms with Crippen molar-refractivity contribution in [2.45, 2.75) is 13.8 Å². The van der Waals surface area contributed by atoms with Crippen molar-refractivity contribution < 1.29 is 19.1 Å². The molecule has 0 radical (unpaired) electrons. The molecule has 3 aromatic carbocycles. The number of hydrogen-bond donors (Lipinski definition) is 2. The van der Waals surface area contributed by atoms with Crippen molar-refractivity contribution in [3.8, 4) is 11.5 Å². The van der Waals surface area contributed by atoms with Crippen molar-refractivity contribution >= 4 is 23.2 Å². The predicted molar refractivity (Wildman–Crippen MR) is 117 cm³/mol. The van der Waals surface area contributed by atoms with Crippen LogP contribution in [0.2, 0.25) is 0 Å². The van der Waals surface area contributed by atoms with Gasteiger partial charge in [-0.05, 0) is 67.4 Å². The molecule has 154 valence electrons. The summed E-state index contributed by atoms with van der Waals surface area (Å²) in [6, 6.07) is 19.8. The standard InChI is InChI=1S/C24H24N2O4/c1-16-9-12-21(22(13-16)29-3)30-15-23(27)25-19-10-11-20(17(2)14-19)26-24(28)18-7-5-4-6-8-18/h4-14H,15H2,1-3H3,(H,25,27)(H,26,28). The monoisotopic (exact) mass is 404 g/mol. The molecule has 3 aromatic rings. The van der Waals surface area contributed by atoms with Crippen molar-refractivity contribution in [3.05, 3.63) is 83.4 Å². The molecule has 0 saturated carbocycles. The van der Waals surface area contributed by atoms with Crippen LogP contribution in [0.15, 0.2) is 66.7 Å². The molecule has 0 spiro atoms. The third kappa shape index (κ3) is 5.38. The number of carbonyl (C=O) groups excluding carboxylic acids is 2. The van der Waals surface area contributed by atoms with E-state index >= 15 is 0 Å². The summed E-state index contributed by atoms with van der Waals surface area (Å²) < 4.78 is 10.9. The maximum absolute atomic E-state index is 12.3. The van der Waals surface area contributed by atoms with Crippen LogP contribution in [0.3, 0.4) is 0 Å². The predicted octanol–water partition coefficient (Wildman–Crippen LogP) is 4.58. The summed E-state index contributed by atoms with van der Waals surface area (Å²) in [5.41, 5.74) is 3.76. The van der Waals surface area contributed by atoms with Crippen LogP contribution in [0.25, 0.3) is 0 Å².